The molecule has 3 fully saturated rings. The highest BCUT2D eigenvalue weighted by Crippen LogP contribution is 2.38. The number of ether oxygens (including phenoxy) is 2. The number of hydrogen-bond acceptors (Lipinski definition) is 7. The van der Waals surface area contributed by atoms with E-state index in [0.717, 1.165) is 60.9 Å². The van der Waals surface area contributed by atoms with Gasteiger partial charge in [-0.25, -0.2) is 9.78 Å². The number of aromatic nitrogens is 1. The molecule has 2 N–H and O–H groups in total. The summed E-state index contributed by atoms with van der Waals surface area (Å²) in [6, 6.07) is 9.72. The van der Waals surface area contributed by atoms with Crippen LogP contribution in [0, 0.1) is 0 Å². The first-order valence-electron chi connectivity index (χ1n) is 12.4. The zero-order chi connectivity index (χ0) is 22.9. The van der Waals surface area contributed by atoms with Crippen molar-refractivity contribution in [2.24, 2.45) is 0 Å². The molecule has 0 radical (unpaired) electrons. The molecule has 2 saturated carbocycles. The molecule has 0 unspecified atom stereocenters. The van der Waals surface area contributed by atoms with Crippen LogP contribution in [0.2, 0.25) is 0 Å². The molecular formula is C26H37N3O4. The van der Waals surface area contributed by atoms with Gasteiger partial charge < -0.3 is 20.1 Å². The van der Waals surface area contributed by atoms with Crippen molar-refractivity contribution >= 4 is 16.6 Å². The molecule has 1 aromatic carbocycles. The number of benzene rings is 1. The number of pyridine rings is 1. The summed E-state index contributed by atoms with van der Waals surface area (Å²) in [4.78, 5) is 15.8. The van der Waals surface area contributed by atoms with Crippen molar-refractivity contribution in [3.8, 4) is 5.75 Å². The van der Waals surface area contributed by atoms with Crippen LogP contribution in [-0.4, -0.2) is 48.2 Å². The Hall–Kier alpha value is -1.93. The van der Waals surface area contributed by atoms with Gasteiger partial charge in [-0.15, -0.1) is 0 Å². The van der Waals surface area contributed by atoms with E-state index >= 15 is 0 Å². The van der Waals surface area contributed by atoms with Gasteiger partial charge in [0.05, 0.1) is 19.2 Å². The number of anilines is 1. The molecule has 1 aliphatic heterocycles. The van der Waals surface area contributed by atoms with Crippen LogP contribution in [0.3, 0.4) is 0 Å². The molecule has 7 heteroatoms. The summed E-state index contributed by atoms with van der Waals surface area (Å²) in [6.45, 7) is 4.57. The lowest BCUT2D eigenvalue weighted by molar-refractivity contribution is -0.511. The second kappa shape index (κ2) is 9.37. The Morgan fingerprint density at radius 1 is 0.939 bits per heavy atom. The van der Waals surface area contributed by atoms with E-state index in [0.29, 0.717) is 24.7 Å². The van der Waals surface area contributed by atoms with Crippen molar-refractivity contribution in [3.63, 3.8) is 0 Å². The maximum absolute atomic E-state index is 6.08. The van der Waals surface area contributed by atoms with Crippen LogP contribution in [0.1, 0.15) is 65.2 Å². The third-order valence-electron chi connectivity index (χ3n) is 7.36. The van der Waals surface area contributed by atoms with Gasteiger partial charge in [0.25, 0.3) is 0 Å². The number of nitrogens with zero attached hydrogens (tertiary/aromatic N) is 1. The van der Waals surface area contributed by atoms with E-state index in [2.05, 4.69) is 27.8 Å². The Labute approximate surface area is 196 Å². The third-order valence-corrected chi connectivity index (χ3v) is 7.36. The van der Waals surface area contributed by atoms with Crippen LogP contribution in [0.25, 0.3) is 10.9 Å². The molecule has 5 rings (SSSR count). The monoisotopic (exact) mass is 455 g/mol. The van der Waals surface area contributed by atoms with Gasteiger partial charge in [-0.05, 0) is 76.6 Å². The zero-order valence-corrected chi connectivity index (χ0v) is 20.1. The minimum atomic E-state index is -0.536. The maximum Gasteiger partial charge on any atom is 0.201 e. The molecule has 2 aromatic rings. The molecule has 33 heavy (non-hydrogen) atoms. The average Bonchev–Trinajstić information content (AvgIpc) is 2.84. The Balaban J connectivity index is 1.10. The summed E-state index contributed by atoms with van der Waals surface area (Å²) in [6.07, 6.45) is 10.5. The maximum atomic E-state index is 6.08. The van der Waals surface area contributed by atoms with Crippen LogP contribution in [0.15, 0.2) is 30.5 Å². The normalized spacial score (nSPS) is 32.0. The van der Waals surface area contributed by atoms with E-state index in [1.54, 1.807) is 7.11 Å². The number of hydrogen-bond donors (Lipinski definition) is 2. The largest absolute Gasteiger partial charge is 0.497 e. The third kappa shape index (κ3) is 5.27. The van der Waals surface area contributed by atoms with Gasteiger partial charge in [0.2, 0.25) is 5.79 Å². The van der Waals surface area contributed by atoms with Gasteiger partial charge in [-0.1, -0.05) is 0 Å². The smallest absolute Gasteiger partial charge is 0.201 e. The standard InChI is InChI=1S/C26H37N3O4/c1-25(2)17-31-26(33-32-25)13-10-20(11-14-26)28-18-4-6-19(7-5-18)29-24-12-15-27-23-9-8-21(30-3)16-22(23)24/h8-9,12,15-16,18-20,28H,4-7,10-11,13-14,17H2,1-3H3,(H,27,29). The summed E-state index contributed by atoms with van der Waals surface area (Å²) in [5.74, 6) is 0.325. The van der Waals surface area contributed by atoms with Crippen molar-refractivity contribution in [1.29, 1.82) is 0 Å². The minimum absolute atomic E-state index is 0.359. The van der Waals surface area contributed by atoms with Crippen molar-refractivity contribution in [3.05, 3.63) is 30.5 Å². The quantitative estimate of drug-likeness (QED) is 0.618. The van der Waals surface area contributed by atoms with Gasteiger partial charge in [-0.3, -0.25) is 4.98 Å². The van der Waals surface area contributed by atoms with Crippen molar-refractivity contribution in [1.82, 2.24) is 10.3 Å². The summed E-state index contributed by atoms with van der Waals surface area (Å²) in [7, 11) is 1.70. The van der Waals surface area contributed by atoms with Crippen molar-refractivity contribution in [2.75, 3.05) is 19.0 Å². The zero-order valence-electron chi connectivity index (χ0n) is 20.1. The van der Waals surface area contributed by atoms with E-state index in [1.165, 1.54) is 12.8 Å². The molecule has 0 atom stereocenters. The van der Waals surface area contributed by atoms with E-state index in [1.807, 2.05) is 32.2 Å². The highest BCUT2D eigenvalue weighted by atomic mass is 17.2. The molecule has 1 spiro atoms. The SMILES string of the molecule is COc1ccc2nccc(NC3CCC(NC4CCC5(CC4)OCC(C)(C)OO5)CC3)c2c1. The molecule has 180 valence electrons. The molecule has 0 amide bonds. The lowest BCUT2D eigenvalue weighted by atomic mass is 9.86. The fourth-order valence-corrected chi connectivity index (χ4v) is 5.33. The Bertz CT molecular complexity index is 938. The van der Waals surface area contributed by atoms with E-state index in [9.17, 15) is 0 Å². The molecule has 3 aliphatic rings. The fourth-order valence-electron chi connectivity index (χ4n) is 5.33. The highest BCUT2D eigenvalue weighted by Gasteiger charge is 2.45. The van der Waals surface area contributed by atoms with Gasteiger partial charge in [0.15, 0.2) is 0 Å². The van der Waals surface area contributed by atoms with Crippen molar-refractivity contribution in [2.45, 2.75) is 94.7 Å². The molecule has 0 bridgehead atoms. The summed E-state index contributed by atoms with van der Waals surface area (Å²) < 4.78 is 11.5. The first-order valence-corrected chi connectivity index (χ1v) is 12.4. The Morgan fingerprint density at radius 2 is 1.67 bits per heavy atom. The second-order valence-corrected chi connectivity index (χ2v) is 10.5. The molecule has 1 saturated heterocycles. The molecule has 7 nitrogen and oxygen atoms in total. The van der Waals surface area contributed by atoms with E-state index in [4.69, 9.17) is 19.2 Å². The Morgan fingerprint density at radius 3 is 2.36 bits per heavy atom. The average molecular weight is 456 g/mol. The highest BCUT2D eigenvalue weighted by molar-refractivity contribution is 5.92. The lowest BCUT2D eigenvalue weighted by Crippen LogP contribution is -2.53. The first kappa shape index (κ1) is 22.8. The molecule has 2 heterocycles. The molecular weight excluding hydrogens is 418 g/mol. The summed E-state index contributed by atoms with van der Waals surface area (Å²) in [5.41, 5.74) is 1.78. The number of nitrogens with one attached hydrogen (secondary N) is 2. The van der Waals surface area contributed by atoms with Gasteiger partial charge >= 0.3 is 0 Å². The first-order chi connectivity index (χ1) is 15.9. The van der Waals surface area contributed by atoms with Crippen LogP contribution < -0.4 is 15.4 Å². The van der Waals surface area contributed by atoms with Crippen LogP contribution in [0.4, 0.5) is 5.69 Å². The molecule has 1 aromatic heterocycles. The van der Waals surface area contributed by atoms with Gasteiger partial charge in [0.1, 0.15) is 11.4 Å². The Kier molecular flexibility index (Phi) is 6.49. The summed E-state index contributed by atoms with van der Waals surface area (Å²) in [5, 5.41) is 8.81. The topological polar surface area (TPSA) is 73.9 Å². The lowest BCUT2D eigenvalue weighted by Gasteiger charge is -2.45. The number of methoxy groups -OCH3 is 1. The second-order valence-electron chi connectivity index (χ2n) is 10.5. The van der Waals surface area contributed by atoms with Crippen LogP contribution in [-0.2, 0) is 14.5 Å². The fraction of sp³-hybridized carbons (Fsp3) is 0.654. The van der Waals surface area contributed by atoms with Gasteiger partial charge in [-0.2, -0.15) is 0 Å². The predicted molar refractivity (Wildman–Crippen MR) is 128 cm³/mol. The number of rotatable bonds is 5. The minimum Gasteiger partial charge on any atom is -0.497 e. The van der Waals surface area contributed by atoms with Crippen molar-refractivity contribution < 1.29 is 19.2 Å². The van der Waals surface area contributed by atoms with Crippen LogP contribution in [0.5, 0.6) is 5.75 Å². The molecule has 2 aliphatic carbocycles. The predicted octanol–water partition coefficient (Wildman–Crippen LogP) is 4.95. The van der Waals surface area contributed by atoms with E-state index < -0.39 is 5.79 Å². The van der Waals surface area contributed by atoms with E-state index in [-0.39, 0.29) is 5.60 Å². The summed E-state index contributed by atoms with van der Waals surface area (Å²) >= 11 is 0. The number of fused-ring (bicyclic) bond motifs is 1. The van der Waals surface area contributed by atoms with Crippen LogP contribution >= 0.6 is 0 Å². The van der Waals surface area contributed by atoms with Gasteiger partial charge in [0, 0.05) is 48.2 Å².